The van der Waals surface area contributed by atoms with E-state index in [2.05, 4.69) is 11.6 Å². The lowest BCUT2D eigenvalue weighted by Crippen LogP contribution is -2.29. The van der Waals surface area contributed by atoms with Crippen LogP contribution in [0.2, 0.25) is 10.0 Å². The summed E-state index contributed by atoms with van der Waals surface area (Å²) in [4.78, 5) is 30.1. The second-order valence-electron chi connectivity index (χ2n) is 5.88. The van der Waals surface area contributed by atoms with Gasteiger partial charge in [0.15, 0.2) is 5.17 Å². The standard InChI is InChI=1S/C20H14Cl2N2O4S/c1-2-7-24-18(26)17(8-11-3-4-12(21)9-15(11)22)29-20(24)23-13-5-6-14(19(27)28)16(25)10-13/h2-6,8-10,25H,1,7H2,(H,27,28)/b17-8-,23-20?. The number of carbonyl (C=O) groups excluding carboxylic acids is 1. The molecule has 6 nitrogen and oxygen atoms in total. The number of hydrogen-bond acceptors (Lipinski definition) is 5. The van der Waals surface area contributed by atoms with Gasteiger partial charge in [-0.05, 0) is 47.7 Å². The van der Waals surface area contributed by atoms with Crippen molar-refractivity contribution >= 4 is 63.8 Å². The summed E-state index contributed by atoms with van der Waals surface area (Å²) in [5.41, 5.74) is 0.711. The van der Waals surface area contributed by atoms with Gasteiger partial charge in [-0.1, -0.05) is 35.3 Å². The number of halogens is 2. The molecule has 1 fully saturated rings. The average Bonchev–Trinajstić information content (AvgIpc) is 2.93. The van der Waals surface area contributed by atoms with Gasteiger partial charge in [-0.25, -0.2) is 9.79 Å². The van der Waals surface area contributed by atoms with E-state index in [1.54, 1.807) is 30.4 Å². The highest BCUT2D eigenvalue weighted by Gasteiger charge is 2.32. The third-order valence-corrected chi connectivity index (χ3v) is 5.45. The molecule has 2 N–H and O–H groups in total. The van der Waals surface area contributed by atoms with Gasteiger partial charge in [0.1, 0.15) is 11.3 Å². The SMILES string of the molecule is C=CCN1C(=O)/C(=C/c2ccc(Cl)cc2Cl)SC1=Nc1ccc(C(=O)O)c(O)c1. The van der Waals surface area contributed by atoms with Crippen LogP contribution in [0.15, 0.2) is 59.0 Å². The number of phenols is 1. The van der Waals surface area contributed by atoms with Crippen LogP contribution in [-0.4, -0.2) is 38.7 Å². The Hall–Kier alpha value is -2.74. The van der Waals surface area contributed by atoms with Crippen LogP contribution in [0, 0.1) is 0 Å². The van der Waals surface area contributed by atoms with Crippen LogP contribution in [-0.2, 0) is 4.79 Å². The predicted molar refractivity (Wildman–Crippen MR) is 116 cm³/mol. The van der Waals surface area contributed by atoms with Crippen molar-refractivity contribution in [1.82, 2.24) is 4.90 Å². The van der Waals surface area contributed by atoms with Crippen LogP contribution in [0.5, 0.6) is 5.75 Å². The molecule has 2 aromatic carbocycles. The molecule has 0 saturated carbocycles. The molecule has 29 heavy (non-hydrogen) atoms. The maximum atomic E-state index is 12.8. The number of amidine groups is 1. The number of nitrogens with zero attached hydrogens (tertiary/aromatic N) is 2. The van der Waals surface area contributed by atoms with Crippen molar-refractivity contribution in [3.8, 4) is 5.75 Å². The van der Waals surface area contributed by atoms with Gasteiger partial charge in [0.05, 0.1) is 10.6 Å². The van der Waals surface area contributed by atoms with Crippen molar-refractivity contribution in [2.75, 3.05) is 6.54 Å². The molecule has 0 unspecified atom stereocenters. The van der Waals surface area contributed by atoms with E-state index in [0.717, 1.165) is 11.8 Å². The monoisotopic (exact) mass is 448 g/mol. The van der Waals surface area contributed by atoms with Crippen LogP contribution in [0.1, 0.15) is 15.9 Å². The van der Waals surface area contributed by atoms with Crippen LogP contribution in [0.25, 0.3) is 6.08 Å². The summed E-state index contributed by atoms with van der Waals surface area (Å²) >= 11 is 13.2. The van der Waals surface area contributed by atoms with Gasteiger partial charge < -0.3 is 10.2 Å². The van der Waals surface area contributed by atoms with Crippen LogP contribution < -0.4 is 0 Å². The van der Waals surface area contributed by atoms with Crippen molar-refractivity contribution in [1.29, 1.82) is 0 Å². The molecule has 9 heteroatoms. The van der Waals surface area contributed by atoms with E-state index >= 15 is 0 Å². The number of amides is 1. The van der Waals surface area contributed by atoms with Gasteiger partial charge in [0, 0.05) is 22.7 Å². The van der Waals surface area contributed by atoms with Gasteiger partial charge in [-0.2, -0.15) is 0 Å². The minimum Gasteiger partial charge on any atom is -0.507 e. The second kappa shape index (κ2) is 8.73. The zero-order chi connectivity index (χ0) is 21.1. The van der Waals surface area contributed by atoms with Crippen molar-refractivity contribution in [3.05, 3.63) is 75.1 Å². The quantitative estimate of drug-likeness (QED) is 0.485. The van der Waals surface area contributed by atoms with Gasteiger partial charge >= 0.3 is 5.97 Å². The molecule has 1 aliphatic heterocycles. The molecule has 0 radical (unpaired) electrons. The third-order valence-electron chi connectivity index (χ3n) is 3.89. The number of rotatable bonds is 5. The van der Waals surface area contributed by atoms with Gasteiger partial charge in [0.25, 0.3) is 5.91 Å². The molecule has 3 rings (SSSR count). The van der Waals surface area contributed by atoms with Crippen molar-refractivity contribution in [2.24, 2.45) is 4.99 Å². The number of aliphatic imine (C=N–C) groups is 1. The fraction of sp³-hybridized carbons (Fsp3) is 0.0500. The van der Waals surface area contributed by atoms with Crippen molar-refractivity contribution in [3.63, 3.8) is 0 Å². The number of hydrogen-bond donors (Lipinski definition) is 2. The second-order valence-corrected chi connectivity index (χ2v) is 7.73. The van der Waals surface area contributed by atoms with Crippen LogP contribution in [0.4, 0.5) is 5.69 Å². The highest BCUT2D eigenvalue weighted by molar-refractivity contribution is 8.18. The summed E-state index contributed by atoms with van der Waals surface area (Å²) in [6.45, 7) is 3.89. The molecule has 1 aliphatic rings. The van der Waals surface area contributed by atoms with E-state index < -0.39 is 11.7 Å². The lowest BCUT2D eigenvalue weighted by Gasteiger charge is -2.12. The van der Waals surface area contributed by atoms with Crippen LogP contribution >= 0.6 is 35.0 Å². The first kappa shape index (κ1) is 21.0. The molecule has 1 heterocycles. The summed E-state index contributed by atoms with van der Waals surface area (Å²) < 4.78 is 0. The minimum atomic E-state index is -1.24. The predicted octanol–water partition coefficient (Wildman–Crippen LogP) is 5.19. The van der Waals surface area contributed by atoms with E-state index in [9.17, 15) is 14.7 Å². The first-order valence-corrected chi connectivity index (χ1v) is 9.79. The van der Waals surface area contributed by atoms with E-state index in [1.165, 1.54) is 23.1 Å². The normalized spacial score (nSPS) is 16.6. The molecule has 0 atom stereocenters. The lowest BCUT2D eigenvalue weighted by atomic mass is 10.2. The molecule has 0 aromatic heterocycles. The fourth-order valence-corrected chi connectivity index (χ4v) is 3.98. The smallest absolute Gasteiger partial charge is 0.339 e. The topological polar surface area (TPSA) is 90.2 Å². The van der Waals surface area contributed by atoms with Gasteiger partial charge in [0.2, 0.25) is 0 Å². The molecule has 0 bridgehead atoms. The Morgan fingerprint density at radius 3 is 2.62 bits per heavy atom. The average molecular weight is 449 g/mol. The zero-order valence-electron chi connectivity index (χ0n) is 14.8. The Balaban J connectivity index is 1.98. The first-order chi connectivity index (χ1) is 13.8. The van der Waals surface area contributed by atoms with Crippen molar-refractivity contribution in [2.45, 2.75) is 0 Å². The molecular weight excluding hydrogens is 435 g/mol. The van der Waals surface area contributed by atoms with Gasteiger partial charge in [-0.15, -0.1) is 6.58 Å². The van der Waals surface area contributed by atoms with E-state index in [-0.39, 0.29) is 18.0 Å². The summed E-state index contributed by atoms with van der Waals surface area (Å²) in [5, 5.41) is 20.1. The summed E-state index contributed by atoms with van der Waals surface area (Å²) in [5.74, 6) is -1.93. The number of benzene rings is 2. The number of carboxylic acids is 1. The molecular formula is C20H14Cl2N2O4S. The Kier molecular flexibility index (Phi) is 6.32. The lowest BCUT2D eigenvalue weighted by molar-refractivity contribution is -0.121. The molecule has 0 aliphatic carbocycles. The molecule has 0 spiro atoms. The fourth-order valence-electron chi connectivity index (χ4n) is 2.52. The molecule has 2 aromatic rings. The minimum absolute atomic E-state index is 0.231. The number of thioether (sulfide) groups is 1. The van der Waals surface area contributed by atoms with Crippen molar-refractivity contribution < 1.29 is 19.8 Å². The zero-order valence-corrected chi connectivity index (χ0v) is 17.1. The summed E-state index contributed by atoms with van der Waals surface area (Å²) in [7, 11) is 0. The summed E-state index contributed by atoms with van der Waals surface area (Å²) in [6, 6.07) is 8.90. The molecule has 1 amide bonds. The number of aromatic carboxylic acids is 1. The Bertz CT molecular complexity index is 1080. The Labute approximate surface area is 180 Å². The maximum absolute atomic E-state index is 12.8. The molecule has 148 valence electrons. The maximum Gasteiger partial charge on any atom is 0.339 e. The van der Waals surface area contributed by atoms with Crippen LogP contribution in [0.3, 0.4) is 0 Å². The highest BCUT2D eigenvalue weighted by Crippen LogP contribution is 2.36. The molecule has 1 saturated heterocycles. The largest absolute Gasteiger partial charge is 0.507 e. The van der Waals surface area contributed by atoms with E-state index in [1.807, 2.05) is 0 Å². The van der Waals surface area contributed by atoms with Gasteiger partial charge in [-0.3, -0.25) is 9.69 Å². The van der Waals surface area contributed by atoms with E-state index in [0.29, 0.717) is 31.4 Å². The Morgan fingerprint density at radius 1 is 1.24 bits per heavy atom. The first-order valence-electron chi connectivity index (χ1n) is 8.22. The number of aromatic hydroxyl groups is 1. The third kappa shape index (κ3) is 4.64. The highest BCUT2D eigenvalue weighted by atomic mass is 35.5. The summed E-state index contributed by atoms with van der Waals surface area (Å²) in [6.07, 6.45) is 3.21. The number of carboxylic acid groups (broad SMARTS) is 1. The number of carbonyl (C=O) groups is 2. The van der Waals surface area contributed by atoms with E-state index in [4.69, 9.17) is 28.3 Å². The Morgan fingerprint density at radius 2 is 2.00 bits per heavy atom.